The van der Waals surface area contributed by atoms with Crippen molar-refractivity contribution in [1.29, 1.82) is 10.5 Å². The predicted octanol–water partition coefficient (Wildman–Crippen LogP) is 1.96. The maximum Gasteiger partial charge on any atom is 0.134 e. The van der Waals surface area contributed by atoms with Gasteiger partial charge in [0.25, 0.3) is 0 Å². The summed E-state index contributed by atoms with van der Waals surface area (Å²) in [6.45, 7) is 0.802. The first-order valence-corrected chi connectivity index (χ1v) is 5.39. The molecule has 0 atom stereocenters. The van der Waals surface area contributed by atoms with Crippen LogP contribution in [0.15, 0.2) is 0 Å². The molecular formula is C11H17N3. The van der Waals surface area contributed by atoms with Gasteiger partial charge in [-0.05, 0) is 25.8 Å². The first kappa shape index (κ1) is 11.0. The molecule has 0 aromatic carbocycles. The number of hydrogen-bond donors (Lipinski definition) is 1. The van der Waals surface area contributed by atoms with Crippen molar-refractivity contribution in [3.8, 4) is 12.1 Å². The van der Waals surface area contributed by atoms with Crippen LogP contribution in [0.3, 0.4) is 0 Å². The van der Waals surface area contributed by atoms with E-state index in [-0.39, 0.29) is 0 Å². The van der Waals surface area contributed by atoms with Gasteiger partial charge in [-0.2, -0.15) is 10.5 Å². The van der Waals surface area contributed by atoms with E-state index in [1.54, 1.807) is 0 Å². The Morgan fingerprint density at radius 1 is 1.14 bits per heavy atom. The highest BCUT2D eigenvalue weighted by Gasteiger charge is 2.13. The summed E-state index contributed by atoms with van der Waals surface area (Å²) in [7, 11) is 0. The largest absolute Gasteiger partial charge is 0.314 e. The van der Waals surface area contributed by atoms with Crippen molar-refractivity contribution >= 4 is 0 Å². The second-order valence-electron chi connectivity index (χ2n) is 3.89. The zero-order valence-electron chi connectivity index (χ0n) is 8.50. The highest BCUT2D eigenvalue weighted by Crippen LogP contribution is 2.17. The number of hydrogen-bond acceptors (Lipinski definition) is 3. The molecule has 1 fully saturated rings. The maximum absolute atomic E-state index is 8.56. The molecule has 0 heterocycles. The van der Waals surface area contributed by atoms with Crippen molar-refractivity contribution in [3.63, 3.8) is 0 Å². The lowest BCUT2D eigenvalue weighted by molar-refractivity contribution is 0.370. The summed E-state index contributed by atoms with van der Waals surface area (Å²) in [5, 5.41) is 20.5. The molecular weight excluding hydrogens is 174 g/mol. The van der Waals surface area contributed by atoms with Crippen molar-refractivity contribution in [2.24, 2.45) is 5.92 Å². The maximum atomic E-state index is 8.56. The number of rotatable bonds is 4. The van der Waals surface area contributed by atoms with Gasteiger partial charge in [0, 0.05) is 6.04 Å². The molecule has 0 spiro atoms. The molecule has 0 saturated heterocycles. The minimum absolute atomic E-state index is 0.439. The third-order valence-corrected chi connectivity index (χ3v) is 2.78. The molecule has 14 heavy (non-hydrogen) atoms. The van der Waals surface area contributed by atoms with E-state index in [9.17, 15) is 0 Å². The molecule has 0 unspecified atom stereocenters. The van der Waals surface area contributed by atoms with E-state index in [1.807, 2.05) is 12.1 Å². The van der Waals surface area contributed by atoms with Crippen LogP contribution in [0.4, 0.5) is 0 Å². The van der Waals surface area contributed by atoms with Gasteiger partial charge in [0.05, 0.1) is 12.1 Å². The number of nitrogens with one attached hydrogen (secondary N) is 1. The molecule has 0 aliphatic heterocycles. The standard InChI is InChI=1S/C11H17N3/c12-8-10(9-13)6-7-14-11-4-2-1-3-5-11/h10-11,14H,1-7H2. The quantitative estimate of drug-likeness (QED) is 0.739. The topological polar surface area (TPSA) is 59.6 Å². The summed E-state index contributed by atoms with van der Waals surface area (Å²) >= 11 is 0. The zero-order chi connectivity index (χ0) is 10.2. The Morgan fingerprint density at radius 3 is 2.36 bits per heavy atom. The van der Waals surface area contributed by atoms with Crippen LogP contribution in [0.25, 0.3) is 0 Å². The molecule has 1 rings (SSSR count). The summed E-state index contributed by atoms with van der Waals surface area (Å²) in [5.41, 5.74) is 0. The van der Waals surface area contributed by atoms with Crippen molar-refractivity contribution in [2.45, 2.75) is 44.6 Å². The molecule has 76 valence electrons. The van der Waals surface area contributed by atoms with Gasteiger partial charge in [-0.15, -0.1) is 0 Å². The van der Waals surface area contributed by atoms with Crippen molar-refractivity contribution in [1.82, 2.24) is 5.32 Å². The van der Waals surface area contributed by atoms with Crippen molar-refractivity contribution in [3.05, 3.63) is 0 Å². The number of nitriles is 2. The van der Waals surface area contributed by atoms with Gasteiger partial charge in [0.2, 0.25) is 0 Å². The van der Waals surface area contributed by atoms with Crippen LogP contribution in [0.2, 0.25) is 0 Å². The van der Waals surface area contributed by atoms with Gasteiger partial charge in [-0.25, -0.2) is 0 Å². The summed E-state index contributed by atoms with van der Waals surface area (Å²) in [6, 6.07) is 4.60. The Bertz CT molecular complexity index is 216. The molecule has 1 saturated carbocycles. The second-order valence-corrected chi connectivity index (χ2v) is 3.89. The molecule has 0 radical (unpaired) electrons. The fourth-order valence-corrected chi connectivity index (χ4v) is 1.90. The normalized spacial score (nSPS) is 17.6. The fraction of sp³-hybridized carbons (Fsp3) is 0.818. The Kier molecular flexibility index (Phi) is 5.04. The van der Waals surface area contributed by atoms with E-state index in [0.29, 0.717) is 12.5 Å². The van der Waals surface area contributed by atoms with Crippen LogP contribution >= 0.6 is 0 Å². The molecule has 0 aromatic rings. The molecule has 3 nitrogen and oxygen atoms in total. The molecule has 0 aromatic heterocycles. The van der Waals surface area contributed by atoms with E-state index in [4.69, 9.17) is 10.5 Å². The van der Waals surface area contributed by atoms with Gasteiger partial charge in [-0.3, -0.25) is 0 Å². The lowest BCUT2D eigenvalue weighted by Crippen LogP contribution is -2.32. The van der Waals surface area contributed by atoms with E-state index in [1.165, 1.54) is 32.1 Å². The lowest BCUT2D eigenvalue weighted by Gasteiger charge is -2.22. The van der Waals surface area contributed by atoms with E-state index in [0.717, 1.165) is 6.54 Å². The average molecular weight is 191 g/mol. The van der Waals surface area contributed by atoms with Gasteiger partial charge < -0.3 is 5.32 Å². The van der Waals surface area contributed by atoms with E-state index in [2.05, 4.69) is 5.32 Å². The van der Waals surface area contributed by atoms with Crippen molar-refractivity contribution < 1.29 is 0 Å². The van der Waals surface area contributed by atoms with Crippen LogP contribution in [-0.4, -0.2) is 12.6 Å². The minimum Gasteiger partial charge on any atom is -0.314 e. The Hall–Kier alpha value is -1.06. The van der Waals surface area contributed by atoms with Gasteiger partial charge in [0.15, 0.2) is 0 Å². The lowest BCUT2D eigenvalue weighted by atomic mass is 9.95. The third-order valence-electron chi connectivity index (χ3n) is 2.78. The Balaban J connectivity index is 2.09. The SMILES string of the molecule is N#CC(C#N)CCNC1CCCCC1. The molecule has 1 N–H and O–H groups in total. The van der Waals surface area contributed by atoms with Crippen molar-refractivity contribution in [2.75, 3.05) is 6.54 Å². The zero-order valence-corrected chi connectivity index (χ0v) is 8.50. The van der Waals surface area contributed by atoms with Crippen LogP contribution < -0.4 is 5.32 Å². The second kappa shape index (κ2) is 6.40. The molecule has 1 aliphatic carbocycles. The van der Waals surface area contributed by atoms with Crippen LogP contribution in [0, 0.1) is 28.6 Å². The number of nitrogens with zero attached hydrogens (tertiary/aromatic N) is 2. The van der Waals surface area contributed by atoms with Crippen LogP contribution in [-0.2, 0) is 0 Å². The third kappa shape index (κ3) is 3.77. The van der Waals surface area contributed by atoms with Crippen LogP contribution in [0.5, 0.6) is 0 Å². The van der Waals surface area contributed by atoms with Gasteiger partial charge in [-0.1, -0.05) is 19.3 Å². The highest BCUT2D eigenvalue weighted by molar-refractivity contribution is 4.98. The minimum atomic E-state index is -0.439. The summed E-state index contributed by atoms with van der Waals surface area (Å²) < 4.78 is 0. The molecule has 0 bridgehead atoms. The van der Waals surface area contributed by atoms with E-state index >= 15 is 0 Å². The Morgan fingerprint density at radius 2 is 1.79 bits per heavy atom. The summed E-state index contributed by atoms with van der Waals surface area (Å²) in [5.74, 6) is -0.439. The molecule has 3 heteroatoms. The van der Waals surface area contributed by atoms with Crippen LogP contribution in [0.1, 0.15) is 38.5 Å². The predicted molar refractivity (Wildman–Crippen MR) is 54.2 cm³/mol. The highest BCUT2D eigenvalue weighted by atomic mass is 14.9. The first-order chi connectivity index (χ1) is 6.86. The summed E-state index contributed by atoms with van der Waals surface area (Å²) in [4.78, 5) is 0. The molecule has 1 aliphatic rings. The first-order valence-electron chi connectivity index (χ1n) is 5.39. The Labute approximate surface area is 85.7 Å². The fourth-order valence-electron chi connectivity index (χ4n) is 1.90. The molecule has 0 amide bonds. The van der Waals surface area contributed by atoms with Gasteiger partial charge >= 0.3 is 0 Å². The smallest absolute Gasteiger partial charge is 0.134 e. The summed E-state index contributed by atoms with van der Waals surface area (Å²) in [6.07, 6.45) is 7.16. The van der Waals surface area contributed by atoms with Gasteiger partial charge in [0.1, 0.15) is 5.92 Å². The van der Waals surface area contributed by atoms with E-state index < -0.39 is 5.92 Å². The monoisotopic (exact) mass is 191 g/mol. The average Bonchev–Trinajstić information content (AvgIpc) is 2.26.